The van der Waals surface area contributed by atoms with Crippen molar-refractivity contribution >= 4 is 5.78 Å². The largest absolute Gasteiger partial charge is 0.494 e. The van der Waals surface area contributed by atoms with E-state index in [9.17, 15) is 4.79 Å². The molecule has 0 saturated carbocycles. The number of Topliss-reactive ketones (excluding diaryl/α,β-unsaturated/α-hetero) is 1. The molecule has 0 spiro atoms. The molecule has 1 aromatic carbocycles. The van der Waals surface area contributed by atoms with Crippen LogP contribution in [0.4, 0.5) is 0 Å². The van der Waals surface area contributed by atoms with Gasteiger partial charge in [0.2, 0.25) is 0 Å². The molecule has 1 aromatic rings. The Labute approximate surface area is 103 Å². The quantitative estimate of drug-likeness (QED) is 0.739. The lowest BCUT2D eigenvalue weighted by Crippen LogP contribution is -2.16. The minimum atomic E-state index is 0.0751. The van der Waals surface area contributed by atoms with Crippen molar-refractivity contribution in [1.29, 1.82) is 0 Å². The summed E-state index contributed by atoms with van der Waals surface area (Å²) >= 11 is 0. The van der Waals surface area contributed by atoms with Gasteiger partial charge < -0.3 is 10.5 Å². The molecule has 17 heavy (non-hydrogen) atoms. The number of ketones is 1. The number of carbonyl (C=O) groups is 1. The molecule has 0 aromatic heterocycles. The average Bonchev–Trinajstić information content (AvgIpc) is 2.34. The summed E-state index contributed by atoms with van der Waals surface area (Å²) in [6, 6.07) is 7.39. The highest BCUT2D eigenvalue weighted by Crippen LogP contribution is 2.14. The van der Waals surface area contributed by atoms with Crippen LogP contribution >= 0.6 is 0 Å². The van der Waals surface area contributed by atoms with E-state index in [4.69, 9.17) is 10.5 Å². The number of benzene rings is 1. The molecule has 0 aliphatic heterocycles. The third kappa shape index (κ3) is 5.00. The smallest absolute Gasteiger partial charge is 0.162 e. The van der Waals surface area contributed by atoms with Gasteiger partial charge in [-0.25, -0.2) is 0 Å². The van der Waals surface area contributed by atoms with Crippen LogP contribution in [0, 0.1) is 0 Å². The minimum absolute atomic E-state index is 0.0751. The second kappa shape index (κ2) is 7.07. The summed E-state index contributed by atoms with van der Waals surface area (Å²) in [6.45, 7) is 4.68. The van der Waals surface area contributed by atoms with E-state index < -0.39 is 0 Å². The molecule has 0 amide bonds. The van der Waals surface area contributed by atoms with Crippen LogP contribution in [-0.4, -0.2) is 18.4 Å². The molecular weight excluding hydrogens is 214 g/mol. The first kappa shape index (κ1) is 13.7. The zero-order valence-electron chi connectivity index (χ0n) is 10.6. The van der Waals surface area contributed by atoms with E-state index >= 15 is 0 Å². The molecular formula is C14H21NO2. The molecule has 2 N–H and O–H groups in total. The standard InChI is InChI=1S/C14H21NO2/c1-3-10-17-13-7-5-12(6-8-13)14(16)9-4-11(2)15/h5-8,11H,3-4,9-10,15H2,1-2H3. The van der Waals surface area contributed by atoms with Crippen LogP contribution in [0.1, 0.15) is 43.5 Å². The lowest BCUT2D eigenvalue weighted by Gasteiger charge is -2.06. The lowest BCUT2D eigenvalue weighted by molar-refractivity contribution is 0.0978. The van der Waals surface area contributed by atoms with Crippen LogP contribution in [0.25, 0.3) is 0 Å². The molecule has 0 heterocycles. The summed E-state index contributed by atoms with van der Waals surface area (Å²) in [5.74, 6) is 0.958. The van der Waals surface area contributed by atoms with Crippen molar-refractivity contribution in [2.75, 3.05) is 6.61 Å². The number of hydrogen-bond donors (Lipinski definition) is 1. The molecule has 0 saturated heterocycles. The van der Waals surface area contributed by atoms with Gasteiger partial charge in [0.1, 0.15) is 5.75 Å². The summed E-state index contributed by atoms with van der Waals surface area (Å²) in [5.41, 5.74) is 6.36. The van der Waals surface area contributed by atoms with Crippen LogP contribution in [0.3, 0.4) is 0 Å². The summed E-state index contributed by atoms with van der Waals surface area (Å²) < 4.78 is 5.46. The molecule has 94 valence electrons. The van der Waals surface area contributed by atoms with Gasteiger partial charge >= 0.3 is 0 Å². The second-order valence-corrected chi connectivity index (χ2v) is 4.31. The summed E-state index contributed by atoms with van der Waals surface area (Å²) in [5, 5.41) is 0. The molecule has 1 atom stereocenters. The molecule has 1 rings (SSSR count). The van der Waals surface area contributed by atoms with Gasteiger partial charge in [-0.2, -0.15) is 0 Å². The third-order valence-corrected chi connectivity index (χ3v) is 2.48. The fourth-order valence-electron chi connectivity index (χ4n) is 1.46. The van der Waals surface area contributed by atoms with Crippen molar-refractivity contribution < 1.29 is 9.53 Å². The first-order valence-electron chi connectivity index (χ1n) is 6.15. The van der Waals surface area contributed by atoms with Gasteiger partial charge in [-0.15, -0.1) is 0 Å². The zero-order valence-corrected chi connectivity index (χ0v) is 10.6. The van der Waals surface area contributed by atoms with Crippen LogP contribution in [0.5, 0.6) is 5.75 Å². The minimum Gasteiger partial charge on any atom is -0.494 e. The number of rotatable bonds is 7. The summed E-state index contributed by atoms with van der Waals surface area (Å²) in [4.78, 5) is 11.8. The van der Waals surface area contributed by atoms with Crippen molar-refractivity contribution in [2.24, 2.45) is 5.73 Å². The Morgan fingerprint density at radius 3 is 2.53 bits per heavy atom. The van der Waals surface area contributed by atoms with E-state index in [0.29, 0.717) is 13.0 Å². The molecule has 1 unspecified atom stereocenters. The van der Waals surface area contributed by atoms with E-state index in [2.05, 4.69) is 6.92 Å². The normalized spacial score (nSPS) is 12.2. The van der Waals surface area contributed by atoms with Gasteiger partial charge in [-0.3, -0.25) is 4.79 Å². The van der Waals surface area contributed by atoms with Crippen molar-refractivity contribution in [1.82, 2.24) is 0 Å². The molecule has 0 radical (unpaired) electrons. The zero-order chi connectivity index (χ0) is 12.7. The number of nitrogens with two attached hydrogens (primary N) is 1. The van der Waals surface area contributed by atoms with E-state index in [1.54, 1.807) is 0 Å². The van der Waals surface area contributed by atoms with Gasteiger partial charge in [0.25, 0.3) is 0 Å². The third-order valence-electron chi connectivity index (χ3n) is 2.48. The summed E-state index contributed by atoms with van der Waals surface area (Å²) in [6.07, 6.45) is 2.22. The Morgan fingerprint density at radius 1 is 1.35 bits per heavy atom. The van der Waals surface area contributed by atoms with E-state index in [1.807, 2.05) is 31.2 Å². The number of carbonyl (C=O) groups excluding carboxylic acids is 1. The Hall–Kier alpha value is -1.35. The van der Waals surface area contributed by atoms with E-state index in [0.717, 1.165) is 24.2 Å². The maximum absolute atomic E-state index is 11.8. The molecule has 0 aliphatic rings. The van der Waals surface area contributed by atoms with E-state index in [1.165, 1.54) is 0 Å². The highest BCUT2D eigenvalue weighted by Gasteiger charge is 2.07. The first-order chi connectivity index (χ1) is 8.13. The maximum Gasteiger partial charge on any atom is 0.162 e. The molecule has 0 bridgehead atoms. The number of hydrogen-bond acceptors (Lipinski definition) is 3. The van der Waals surface area contributed by atoms with Gasteiger partial charge in [0, 0.05) is 18.0 Å². The van der Waals surface area contributed by atoms with Gasteiger partial charge in [-0.1, -0.05) is 6.92 Å². The van der Waals surface area contributed by atoms with Crippen LogP contribution in [0.15, 0.2) is 24.3 Å². The Kier molecular flexibility index (Phi) is 5.70. The number of ether oxygens (including phenoxy) is 1. The predicted octanol–water partition coefficient (Wildman–Crippen LogP) is 2.79. The maximum atomic E-state index is 11.8. The van der Waals surface area contributed by atoms with Crippen molar-refractivity contribution in [3.8, 4) is 5.75 Å². The van der Waals surface area contributed by atoms with Crippen molar-refractivity contribution in [3.05, 3.63) is 29.8 Å². The van der Waals surface area contributed by atoms with Gasteiger partial charge in [0.15, 0.2) is 5.78 Å². The van der Waals surface area contributed by atoms with Gasteiger partial charge in [-0.05, 0) is 44.0 Å². The topological polar surface area (TPSA) is 52.3 Å². The van der Waals surface area contributed by atoms with Crippen molar-refractivity contribution in [2.45, 2.75) is 39.2 Å². The SMILES string of the molecule is CCCOc1ccc(C(=O)CCC(C)N)cc1. The summed E-state index contributed by atoms with van der Waals surface area (Å²) in [7, 11) is 0. The van der Waals surface area contributed by atoms with Crippen LogP contribution in [0.2, 0.25) is 0 Å². The average molecular weight is 235 g/mol. The molecule has 3 nitrogen and oxygen atoms in total. The first-order valence-corrected chi connectivity index (χ1v) is 6.15. The monoisotopic (exact) mass is 235 g/mol. The van der Waals surface area contributed by atoms with Gasteiger partial charge in [0.05, 0.1) is 6.61 Å². The fraction of sp³-hybridized carbons (Fsp3) is 0.500. The Balaban J connectivity index is 2.51. The lowest BCUT2D eigenvalue weighted by atomic mass is 10.0. The van der Waals surface area contributed by atoms with Crippen LogP contribution < -0.4 is 10.5 Å². The highest BCUT2D eigenvalue weighted by atomic mass is 16.5. The second-order valence-electron chi connectivity index (χ2n) is 4.31. The van der Waals surface area contributed by atoms with Crippen molar-refractivity contribution in [3.63, 3.8) is 0 Å². The molecule has 3 heteroatoms. The Morgan fingerprint density at radius 2 is 2.00 bits per heavy atom. The van der Waals surface area contributed by atoms with Crippen LogP contribution in [-0.2, 0) is 0 Å². The van der Waals surface area contributed by atoms with E-state index in [-0.39, 0.29) is 11.8 Å². The molecule has 0 aliphatic carbocycles. The molecule has 0 fully saturated rings. The predicted molar refractivity (Wildman–Crippen MR) is 69.4 cm³/mol. The fourth-order valence-corrected chi connectivity index (χ4v) is 1.46. The highest BCUT2D eigenvalue weighted by molar-refractivity contribution is 5.96. The Bertz CT molecular complexity index is 344.